The summed E-state index contributed by atoms with van der Waals surface area (Å²) < 4.78 is 18.8. The number of piperidine rings is 1. The van der Waals surface area contributed by atoms with Crippen molar-refractivity contribution in [2.75, 3.05) is 13.1 Å². The van der Waals surface area contributed by atoms with Crippen LogP contribution in [0, 0.1) is 12.7 Å². The number of ether oxygens (including phenoxy) is 1. The summed E-state index contributed by atoms with van der Waals surface area (Å²) in [5, 5.41) is 3.27. The van der Waals surface area contributed by atoms with Crippen molar-refractivity contribution in [2.45, 2.75) is 25.9 Å². The van der Waals surface area contributed by atoms with Crippen molar-refractivity contribution >= 4 is 0 Å². The lowest BCUT2D eigenvalue weighted by Crippen LogP contribution is -2.37. The number of rotatable bonds is 2. The predicted octanol–water partition coefficient (Wildman–Crippen LogP) is 2.26. The highest BCUT2D eigenvalue weighted by Crippen LogP contribution is 2.21. The van der Waals surface area contributed by atoms with Gasteiger partial charge in [-0.2, -0.15) is 0 Å². The molecule has 1 fully saturated rings. The summed E-state index contributed by atoms with van der Waals surface area (Å²) in [4.78, 5) is 0. The Balaban J connectivity index is 2.05. The molecular formula is C12H16FNO. The number of hydrogen-bond donors (Lipinski definition) is 1. The standard InChI is InChI=1S/C12H16FNO/c1-9-4-5-10(13)7-12(9)15-11-3-2-6-14-8-11/h4-5,7,11,14H,2-3,6,8H2,1H3. The van der Waals surface area contributed by atoms with Crippen molar-refractivity contribution in [1.82, 2.24) is 5.32 Å². The summed E-state index contributed by atoms with van der Waals surface area (Å²) in [6, 6.07) is 4.67. The Labute approximate surface area is 89.4 Å². The zero-order chi connectivity index (χ0) is 10.7. The van der Waals surface area contributed by atoms with E-state index in [1.54, 1.807) is 6.07 Å². The van der Waals surface area contributed by atoms with Crippen LogP contribution in [-0.2, 0) is 0 Å². The van der Waals surface area contributed by atoms with E-state index in [-0.39, 0.29) is 11.9 Å². The number of aryl methyl sites for hydroxylation is 1. The maximum Gasteiger partial charge on any atom is 0.126 e. The molecule has 2 rings (SSSR count). The average Bonchev–Trinajstić information content (AvgIpc) is 2.25. The van der Waals surface area contributed by atoms with E-state index in [1.807, 2.05) is 6.92 Å². The smallest absolute Gasteiger partial charge is 0.126 e. The van der Waals surface area contributed by atoms with Gasteiger partial charge in [0.1, 0.15) is 17.7 Å². The SMILES string of the molecule is Cc1ccc(F)cc1OC1CCCNC1. The highest BCUT2D eigenvalue weighted by molar-refractivity contribution is 5.32. The molecule has 1 heterocycles. The summed E-state index contributed by atoms with van der Waals surface area (Å²) in [5.41, 5.74) is 0.988. The van der Waals surface area contributed by atoms with E-state index in [4.69, 9.17) is 4.74 Å². The number of nitrogens with one attached hydrogen (secondary N) is 1. The minimum Gasteiger partial charge on any atom is -0.489 e. The van der Waals surface area contributed by atoms with E-state index in [2.05, 4.69) is 5.32 Å². The first-order chi connectivity index (χ1) is 7.25. The van der Waals surface area contributed by atoms with Gasteiger partial charge in [0.25, 0.3) is 0 Å². The Hall–Kier alpha value is -1.09. The van der Waals surface area contributed by atoms with Gasteiger partial charge in [-0.05, 0) is 37.9 Å². The van der Waals surface area contributed by atoms with Gasteiger partial charge in [0.15, 0.2) is 0 Å². The van der Waals surface area contributed by atoms with E-state index in [1.165, 1.54) is 12.1 Å². The maximum atomic E-state index is 13.0. The molecule has 0 saturated carbocycles. The topological polar surface area (TPSA) is 21.3 Å². The second-order valence-corrected chi connectivity index (χ2v) is 4.00. The van der Waals surface area contributed by atoms with E-state index >= 15 is 0 Å². The Kier molecular flexibility index (Phi) is 3.21. The third kappa shape index (κ3) is 2.69. The first kappa shape index (κ1) is 10.4. The summed E-state index contributed by atoms with van der Waals surface area (Å²) in [7, 11) is 0. The third-order valence-electron chi connectivity index (χ3n) is 2.70. The molecule has 0 bridgehead atoms. The van der Waals surface area contributed by atoms with Gasteiger partial charge < -0.3 is 10.1 Å². The second kappa shape index (κ2) is 4.62. The average molecular weight is 209 g/mol. The molecule has 0 amide bonds. The van der Waals surface area contributed by atoms with Gasteiger partial charge in [-0.25, -0.2) is 4.39 Å². The van der Waals surface area contributed by atoms with Gasteiger partial charge in [0.2, 0.25) is 0 Å². The van der Waals surface area contributed by atoms with Gasteiger partial charge in [0.05, 0.1) is 0 Å². The Morgan fingerprint density at radius 2 is 2.33 bits per heavy atom. The van der Waals surface area contributed by atoms with E-state index in [9.17, 15) is 4.39 Å². The molecule has 2 nitrogen and oxygen atoms in total. The van der Waals surface area contributed by atoms with Crippen molar-refractivity contribution in [3.05, 3.63) is 29.6 Å². The minimum absolute atomic E-state index is 0.180. The van der Waals surface area contributed by atoms with E-state index < -0.39 is 0 Å². The minimum atomic E-state index is -0.237. The molecule has 1 saturated heterocycles. The van der Waals surface area contributed by atoms with E-state index in [0.29, 0.717) is 5.75 Å². The van der Waals surface area contributed by atoms with Crippen LogP contribution in [0.5, 0.6) is 5.75 Å². The molecule has 0 aromatic heterocycles. The molecular weight excluding hydrogens is 193 g/mol. The zero-order valence-electron chi connectivity index (χ0n) is 8.92. The highest BCUT2D eigenvalue weighted by atomic mass is 19.1. The molecule has 1 N–H and O–H groups in total. The fourth-order valence-electron chi connectivity index (χ4n) is 1.80. The van der Waals surface area contributed by atoms with Crippen LogP contribution >= 0.6 is 0 Å². The molecule has 1 atom stereocenters. The maximum absolute atomic E-state index is 13.0. The van der Waals surface area contributed by atoms with Crippen LogP contribution in [0.3, 0.4) is 0 Å². The lowest BCUT2D eigenvalue weighted by molar-refractivity contribution is 0.165. The lowest BCUT2D eigenvalue weighted by atomic mass is 10.1. The summed E-state index contributed by atoms with van der Waals surface area (Å²) in [6.07, 6.45) is 2.35. The molecule has 1 aromatic carbocycles. The highest BCUT2D eigenvalue weighted by Gasteiger charge is 2.15. The molecule has 15 heavy (non-hydrogen) atoms. The largest absolute Gasteiger partial charge is 0.489 e. The monoisotopic (exact) mass is 209 g/mol. The van der Waals surface area contributed by atoms with Crippen LogP contribution in [0.4, 0.5) is 4.39 Å². The quantitative estimate of drug-likeness (QED) is 0.806. The number of halogens is 1. The Morgan fingerprint density at radius 3 is 3.07 bits per heavy atom. The zero-order valence-corrected chi connectivity index (χ0v) is 8.92. The molecule has 1 aromatic rings. The molecule has 0 radical (unpaired) electrons. The van der Waals surface area contributed by atoms with Crippen molar-refractivity contribution in [1.29, 1.82) is 0 Å². The fourth-order valence-corrected chi connectivity index (χ4v) is 1.80. The molecule has 1 aliphatic rings. The molecule has 0 spiro atoms. The third-order valence-corrected chi connectivity index (χ3v) is 2.70. The summed E-state index contributed by atoms with van der Waals surface area (Å²) in [6.45, 7) is 3.85. The predicted molar refractivity (Wildman–Crippen MR) is 57.7 cm³/mol. The van der Waals surface area contributed by atoms with Gasteiger partial charge in [-0.15, -0.1) is 0 Å². The molecule has 82 valence electrons. The van der Waals surface area contributed by atoms with Crippen LogP contribution in [0.15, 0.2) is 18.2 Å². The Bertz CT molecular complexity index is 334. The van der Waals surface area contributed by atoms with Crippen molar-refractivity contribution in [3.8, 4) is 5.75 Å². The molecule has 0 aliphatic carbocycles. The molecule has 1 aliphatic heterocycles. The van der Waals surface area contributed by atoms with Gasteiger partial charge >= 0.3 is 0 Å². The normalized spacial score (nSPS) is 21.3. The molecule has 3 heteroatoms. The fraction of sp³-hybridized carbons (Fsp3) is 0.500. The van der Waals surface area contributed by atoms with Gasteiger partial charge in [0, 0.05) is 12.6 Å². The van der Waals surface area contributed by atoms with Crippen molar-refractivity contribution < 1.29 is 9.13 Å². The second-order valence-electron chi connectivity index (χ2n) is 4.00. The van der Waals surface area contributed by atoms with Crippen LogP contribution in [0.2, 0.25) is 0 Å². The first-order valence-corrected chi connectivity index (χ1v) is 5.39. The molecule has 1 unspecified atom stereocenters. The summed E-state index contributed by atoms with van der Waals surface area (Å²) >= 11 is 0. The van der Waals surface area contributed by atoms with E-state index in [0.717, 1.165) is 31.5 Å². The number of hydrogen-bond acceptors (Lipinski definition) is 2. The van der Waals surface area contributed by atoms with Gasteiger partial charge in [-0.3, -0.25) is 0 Å². The van der Waals surface area contributed by atoms with Crippen LogP contribution in [0.1, 0.15) is 18.4 Å². The first-order valence-electron chi connectivity index (χ1n) is 5.39. The van der Waals surface area contributed by atoms with Crippen molar-refractivity contribution in [3.63, 3.8) is 0 Å². The van der Waals surface area contributed by atoms with Crippen LogP contribution < -0.4 is 10.1 Å². The summed E-state index contributed by atoms with van der Waals surface area (Å²) in [5.74, 6) is 0.433. The van der Waals surface area contributed by atoms with Crippen LogP contribution in [-0.4, -0.2) is 19.2 Å². The van der Waals surface area contributed by atoms with Gasteiger partial charge in [-0.1, -0.05) is 6.07 Å². The Morgan fingerprint density at radius 1 is 1.47 bits per heavy atom. The van der Waals surface area contributed by atoms with Crippen molar-refractivity contribution in [2.24, 2.45) is 0 Å². The number of benzene rings is 1. The lowest BCUT2D eigenvalue weighted by Gasteiger charge is -2.24. The van der Waals surface area contributed by atoms with Crippen LogP contribution in [0.25, 0.3) is 0 Å².